The molecule has 3 heterocycles. The van der Waals surface area contributed by atoms with Gasteiger partial charge in [-0.3, -0.25) is 4.68 Å². The Morgan fingerprint density at radius 1 is 1.27 bits per heavy atom. The standard InChI is InChI=1S/C15H19N5OS/c1-10(12(3)20-8-5-7-16-20)17-11(2)15-18-14(19-21-15)13-6-4-9-22-13/h4-12,17H,1-3H3/t10-,11-,12+/m0/s1. The van der Waals surface area contributed by atoms with Gasteiger partial charge in [0.25, 0.3) is 0 Å². The lowest BCUT2D eigenvalue weighted by Gasteiger charge is -2.24. The SMILES string of the molecule is C[C@H](N[C@@H](C)[C@@H](C)n1cccn1)c1nc(-c2cccs2)no1. The highest BCUT2D eigenvalue weighted by Gasteiger charge is 2.21. The summed E-state index contributed by atoms with van der Waals surface area (Å²) < 4.78 is 7.32. The second-order valence-electron chi connectivity index (χ2n) is 5.34. The highest BCUT2D eigenvalue weighted by atomic mass is 32.1. The molecule has 0 unspecified atom stereocenters. The van der Waals surface area contributed by atoms with Gasteiger partial charge in [-0.15, -0.1) is 11.3 Å². The molecule has 0 aromatic carbocycles. The normalized spacial score (nSPS) is 15.6. The predicted octanol–water partition coefficient (Wildman–Crippen LogP) is 3.29. The Hall–Kier alpha value is -1.99. The summed E-state index contributed by atoms with van der Waals surface area (Å²) in [5, 5.41) is 13.8. The van der Waals surface area contributed by atoms with E-state index in [0.717, 1.165) is 4.88 Å². The van der Waals surface area contributed by atoms with Crippen LogP contribution >= 0.6 is 11.3 Å². The first-order valence-electron chi connectivity index (χ1n) is 7.28. The molecule has 6 nitrogen and oxygen atoms in total. The predicted molar refractivity (Wildman–Crippen MR) is 85.6 cm³/mol. The molecule has 3 aromatic heterocycles. The van der Waals surface area contributed by atoms with Crippen LogP contribution in [0.5, 0.6) is 0 Å². The molecule has 3 aromatic rings. The number of hydrogen-bond acceptors (Lipinski definition) is 6. The van der Waals surface area contributed by atoms with Gasteiger partial charge in [0.05, 0.1) is 17.0 Å². The summed E-state index contributed by atoms with van der Waals surface area (Å²) in [5.74, 6) is 1.24. The van der Waals surface area contributed by atoms with Crippen LogP contribution in [0.1, 0.15) is 38.7 Å². The van der Waals surface area contributed by atoms with Crippen molar-refractivity contribution < 1.29 is 4.52 Å². The fourth-order valence-electron chi connectivity index (χ4n) is 2.27. The summed E-state index contributed by atoms with van der Waals surface area (Å²) in [5.41, 5.74) is 0. The second-order valence-corrected chi connectivity index (χ2v) is 6.28. The Kier molecular flexibility index (Phi) is 4.35. The number of thiophene rings is 1. The number of rotatable bonds is 6. The fourth-order valence-corrected chi connectivity index (χ4v) is 2.92. The van der Waals surface area contributed by atoms with Gasteiger partial charge in [0.1, 0.15) is 0 Å². The number of hydrogen-bond donors (Lipinski definition) is 1. The van der Waals surface area contributed by atoms with Crippen LogP contribution in [0.3, 0.4) is 0 Å². The molecule has 116 valence electrons. The van der Waals surface area contributed by atoms with E-state index in [1.165, 1.54) is 0 Å². The molecule has 3 atom stereocenters. The van der Waals surface area contributed by atoms with Gasteiger partial charge < -0.3 is 9.84 Å². The Labute approximate surface area is 133 Å². The molecular weight excluding hydrogens is 298 g/mol. The third kappa shape index (κ3) is 3.10. The maximum absolute atomic E-state index is 5.38. The minimum absolute atomic E-state index is 0.0192. The lowest BCUT2D eigenvalue weighted by Crippen LogP contribution is -2.35. The van der Waals surface area contributed by atoms with Gasteiger partial charge in [-0.25, -0.2) is 0 Å². The van der Waals surface area contributed by atoms with Crippen LogP contribution in [-0.2, 0) is 0 Å². The Balaban J connectivity index is 1.65. The topological polar surface area (TPSA) is 68.8 Å². The van der Waals surface area contributed by atoms with Gasteiger partial charge in [-0.05, 0) is 38.3 Å². The zero-order valence-corrected chi connectivity index (χ0v) is 13.6. The van der Waals surface area contributed by atoms with Crippen molar-refractivity contribution in [1.82, 2.24) is 25.2 Å². The molecule has 0 bridgehead atoms. The molecule has 7 heteroatoms. The van der Waals surface area contributed by atoms with Crippen molar-refractivity contribution in [2.45, 2.75) is 38.9 Å². The first-order chi connectivity index (χ1) is 10.6. The molecule has 0 radical (unpaired) electrons. The van der Waals surface area contributed by atoms with Crippen molar-refractivity contribution in [2.75, 3.05) is 0 Å². The van der Waals surface area contributed by atoms with E-state index in [0.29, 0.717) is 11.7 Å². The summed E-state index contributed by atoms with van der Waals surface area (Å²) >= 11 is 1.60. The summed E-state index contributed by atoms with van der Waals surface area (Å²) in [6.45, 7) is 6.28. The zero-order chi connectivity index (χ0) is 15.5. The molecule has 0 aliphatic rings. The van der Waals surface area contributed by atoms with Crippen LogP contribution in [-0.4, -0.2) is 26.0 Å². The molecule has 0 saturated carbocycles. The molecule has 0 aliphatic carbocycles. The minimum atomic E-state index is -0.0192. The van der Waals surface area contributed by atoms with Crippen molar-refractivity contribution >= 4 is 11.3 Å². The lowest BCUT2D eigenvalue weighted by atomic mass is 10.1. The smallest absolute Gasteiger partial charge is 0.243 e. The van der Waals surface area contributed by atoms with Crippen molar-refractivity contribution in [1.29, 1.82) is 0 Å². The highest BCUT2D eigenvalue weighted by Crippen LogP contribution is 2.23. The van der Waals surface area contributed by atoms with E-state index in [4.69, 9.17) is 4.52 Å². The van der Waals surface area contributed by atoms with E-state index in [2.05, 4.69) is 34.4 Å². The Morgan fingerprint density at radius 2 is 2.14 bits per heavy atom. The van der Waals surface area contributed by atoms with Gasteiger partial charge in [0, 0.05) is 18.4 Å². The van der Waals surface area contributed by atoms with E-state index >= 15 is 0 Å². The van der Waals surface area contributed by atoms with Gasteiger partial charge >= 0.3 is 0 Å². The summed E-state index contributed by atoms with van der Waals surface area (Å²) in [6.07, 6.45) is 3.76. The maximum atomic E-state index is 5.38. The molecule has 0 saturated heterocycles. The van der Waals surface area contributed by atoms with Crippen molar-refractivity contribution in [3.05, 3.63) is 41.9 Å². The summed E-state index contributed by atoms with van der Waals surface area (Å²) in [6, 6.07) is 6.32. The van der Waals surface area contributed by atoms with Gasteiger partial charge in [0.2, 0.25) is 11.7 Å². The highest BCUT2D eigenvalue weighted by molar-refractivity contribution is 7.13. The van der Waals surface area contributed by atoms with Crippen LogP contribution < -0.4 is 5.32 Å². The van der Waals surface area contributed by atoms with Crippen LogP contribution in [0.4, 0.5) is 0 Å². The molecule has 0 aliphatic heterocycles. The van der Waals surface area contributed by atoms with E-state index in [9.17, 15) is 0 Å². The van der Waals surface area contributed by atoms with Crippen LogP contribution in [0.2, 0.25) is 0 Å². The quantitative estimate of drug-likeness (QED) is 0.755. The Morgan fingerprint density at radius 3 is 2.82 bits per heavy atom. The molecule has 22 heavy (non-hydrogen) atoms. The minimum Gasteiger partial charge on any atom is -0.337 e. The molecule has 0 amide bonds. The number of aromatic nitrogens is 4. The first kappa shape index (κ1) is 14.9. The molecule has 0 fully saturated rings. The van der Waals surface area contributed by atoms with Gasteiger partial charge in [-0.1, -0.05) is 11.2 Å². The van der Waals surface area contributed by atoms with Crippen molar-refractivity contribution in [2.24, 2.45) is 0 Å². The third-order valence-electron chi connectivity index (χ3n) is 3.73. The summed E-state index contributed by atoms with van der Waals surface area (Å²) in [7, 11) is 0. The molecular formula is C15H19N5OS. The zero-order valence-electron chi connectivity index (χ0n) is 12.8. The Bertz CT molecular complexity index is 691. The third-order valence-corrected chi connectivity index (χ3v) is 4.60. The van der Waals surface area contributed by atoms with E-state index in [-0.39, 0.29) is 18.1 Å². The summed E-state index contributed by atoms with van der Waals surface area (Å²) in [4.78, 5) is 5.49. The van der Waals surface area contributed by atoms with E-state index < -0.39 is 0 Å². The van der Waals surface area contributed by atoms with Crippen LogP contribution in [0.25, 0.3) is 10.7 Å². The number of nitrogens with zero attached hydrogens (tertiary/aromatic N) is 4. The molecule has 1 N–H and O–H groups in total. The van der Waals surface area contributed by atoms with Crippen LogP contribution in [0.15, 0.2) is 40.5 Å². The first-order valence-corrected chi connectivity index (χ1v) is 8.16. The fraction of sp³-hybridized carbons (Fsp3) is 0.400. The lowest BCUT2D eigenvalue weighted by molar-refractivity contribution is 0.292. The average Bonchev–Trinajstić information content (AvgIpc) is 3.26. The second kappa shape index (κ2) is 6.41. The molecule has 0 spiro atoms. The van der Waals surface area contributed by atoms with Gasteiger partial charge in [-0.2, -0.15) is 10.1 Å². The van der Waals surface area contributed by atoms with Crippen molar-refractivity contribution in [3.8, 4) is 10.7 Å². The van der Waals surface area contributed by atoms with Crippen molar-refractivity contribution in [3.63, 3.8) is 0 Å². The maximum Gasteiger partial charge on any atom is 0.243 e. The van der Waals surface area contributed by atoms with Gasteiger partial charge in [0.15, 0.2) is 0 Å². The largest absolute Gasteiger partial charge is 0.337 e. The number of nitrogens with one attached hydrogen (secondary N) is 1. The average molecular weight is 317 g/mol. The molecule has 3 rings (SSSR count). The van der Waals surface area contributed by atoms with Crippen LogP contribution in [0, 0.1) is 0 Å². The van der Waals surface area contributed by atoms with E-state index in [1.807, 2.05) is 41.4 Å². The van der Waals surface area contributed by atoms with E-state index in [1.54, 1.807) is 17.5 Å². The monoisotopic (exact) mass is 317 g/mol.